The standard InChI is InChI=1S/C28H34N4/c1-19-6-4-9-24(32-19)26(30-3)25(23-11-10-21-7-5-8-22(21)16-23)31-18-27-12-14-28(17-27,15-13-27)20(2)29/h4,6,9-11,16,31H,2-3,5,7-8,12-15,17-18,29H2,1H3/b26-25-. The number of aliphatic imine (C=N–C) groups is 1. The molecule has 2 saturated carbocycles. The molecule has 166 valence electrons. The Balaban J connectivity index is 1.52. The van der Waals surface area contributed by atoms with Crippen molar-refractivity contribution in [2.45, 2.75) is 58.3 Å². The number of pyridine rings is 1. The third-order valence-electron chi connectivity index (χ3n) is 8.22. The first-order chi connectivity index (χ1) is 15.4. The zero-order valence-electron chi connectivity index (χ0n) is 19.2. The number of rotatable bonds is 7. The largest absolute Gasteiger partial charge is 0.402 e. The molecule has 3 N–H and O–H groups in total. The summed E-state index contributed by atoms with van der Waals surface area (Å²) in [6.07, 6.45) is 9.44. The molecule has 1 heterocycles. The maximum Gasteiger partial charge on any atom is 0.112 e. The van der Waals surface area contributed by atoms with Crippen LogP contribution in [0.1, 0.15) is 66.6 Å². The van der Waals surface area contributed by atoms with Crippen LogP contribution in [0.5, 0.6) is 0 Å². The lowest BCUT2D eigenvalue weighted by Crippen LogP contribution is -2.30. The zero-order valence-corrected chi connectivity index (χ0v) is 19.2. The van der Waals surface area contributed by atoms with Crippen LogP contribution in [0.25, 0.3) is 11.4 Å². The van der Waals surface area contributed by atoms with E-state index in [1.54, 1.807) is 0 Å². The summed E-state index contributed by atoms with van der Waals surface area (Å²) >= 11 is 0. The molecule has 0 unspecified atom stereocenters. The van der Waals surface area contributed by atoms with Gasteiger partial charge in [-0.15, -0.1) is 0 Å². The van der Waals surface area contributed by atoms with Gasteiger partial charge in [0.05, 0.1) is 11.4 Å². The van der Waals surface area contributed by atoms with E-state index >= 15 is 0 Å². The Kier molecular flexibility index (Phi) is 5.19. The minimum absolute atomic E-state index is 0.150. The first-order valence-corrected chi connectivity index (χ1v) is 11.9. The maximum atomic E-state index is 6.23. The molecule has 2 bridgehead atoms. The summed E-state index contributed by atoms with van der Waals surface area (Å²) in [6, 6.07) is 13.0. The lowest BCUT2D eigenvalue weighted by Gasteiger charge is -2.29. The van der Waals surface area contributed by atoms with Crippen molar-refractivity contribution >= 4 is 18.1 Å². The Morgan fingerprint density at radius 1 is 1.12 bits per heavy atom. The van der Waals surface area contributed by atoms with Gasteiger partial charge < -0.3 is 11.1 Å². The van der Waals surface area contributed by atoms with Crippen molar-refractivity contribution in [2.24, 2.45) is 21.6 Å². The predicted molar refractivity (Wildman–Crippen MR) is 133 cm³/mol. The summed E-state index contributed by atoms with van der Waals surface area (Å²) in [7, 11) is 0. The SMILES string of the molecule is C=N/C(=C(\NCC12CCC(C(=C)N)(CC1)C2)c1ccc2c(c1)CCC2)c1cccc(C)n1. The molecule has 2 fully saturated rings. The maximum absolute atomic E-state index is 6.23. The van der Waals surface area contributed by atoms with Gasteiger partial charge in [0.1, 0.15) is 5.70 Å². The molecule has 0 radical (unpaired) electrons. The average molecular weight is 427 g/mol. The van der Waals surface area contributed by atoms with Crippen LogP contribution < -0.4 is 11.1 Å². The molecule has 1 aromatic heterocycles. The van der Waals surface area contributed by atoms with Crippen molar-refractivity contribution in [1.82, 2.24) is 10.3 Å². The Labute approximate surface area is 191 Å². The van der Waals surface area contributed by atoms with Gasteiger partial charge in [-0.3, -0.25) is 9.98 Å². The van der Waals surface area contributed by atoms with Gasteiger partial charge in [0.15, 0.2) is 0 Å². The molecule has 3 aliphatic rings. The van der Waals surface area contributed by atoms with Gasteiger partial charge >= 0.3 is 0 Å². The first kappa shape index (κ1) is 21.0. The highest BCUT2D eigenvalue weighted by Gasteiger charge is 2.54. The van der Waals surface area contributed by atoms with Crippen LogP contribution in [0.4, 0.5) is 0 Å². The van der Waals surface area contributed by atoms with Crippen molar-refractivity contribution in [3.05, 3.63) is 76.8 Å². The number of aryl methyl sites for hydroxylation is 3. The lowest BCUT2D eigenvalue weighted by atomic mass is 9.80. The Bertz CT molecular complexity index is 1100. The van der Waals surface area contributed by atoms with Gasteiger partial charge in [-0.1, -0.05) is 24.8 Å². The zero-order chi connectivity index (χ0) is 22.3. The second-order valence-electron chi connectivity index (χ2n) is 10.2. The molecule has 2 aromatic rings. The predicted octanol–water partition coefficient (Wildman–Crippen LogP) is 5.42. The normalized spacial score (nSPS) is 26.5. The van der Waals surface area contributed by atoms with Crippen LogP contribution in [-0.4, -0.2) is 18.2 Å². The Morgan fingerprint density at radius 2 is 1.91 bits per heavy atom. The summed E-state index contributed by atoms with van der Waals surface area (Å²) in [5, 5.41) is 3.85. The molecular weight excluding hydrogens is 392 g/mol. The molecule has 0 saturated heterocycles. The van der Waals surface area contributed by atoms with Gasteiger partial charge in [-0.05, 0) is 99.7 Å². The average Bonchev–Trinajstić information content (AvgIpc) is 3.50. The van der Waals surface area contributed by atoms with E-state index in [0.717, 1.165) is 60.7 Å². The van der Waals surface area contributed by atoms with E-state index < -0.39 is 0 Å². The van der Waals surface area contributed by atoms with Gasteiger partial charge in [-0.25, -0.2) is 0 Å². The number of nitrogens with two attached hydrogens (primary N) is 1. The third kappa shape index (κ3) is 3.56. The Morgan fingerprint density at radius 3 is 2.59 bits per heavy atom. The molecule has 1 aromatic carbocycles. The van der Waals surface area contributed by atoms with Gasteiger partial charge in [0.2, 0.25) is 0 Å². The summed E-state index contributed by atoms with van der Waals surface area (Å²) in [5.74, 6) is 0. The number of hydrogen-bond donors (Lipinski definition) is 2. The van der Waals surface area contributed by atoms with E-state index in [9.17, 15) is 0 Å². The molecule has 0 amide bonds. The number of allylic oxidation sites excluding steroid dienone is 1. The molecule has 0 spiro atoms. The Hall–Kier alpha value is -2.88. The van der Waals surface area contributed by atoms with Gasteiger partial charge in [0, 0.05) is 28.9 Å². The van der Waals surface area contributed by atoms with E-state index in [2.05, 4.69) is 41.8 Å². The summed E-state index contributed by atoms with van der Waals surface area (Å²) in [6.45, 7) is 11.0. The summed E-state index contributed by atoms with van der Waals surface area (Å²) in [4.78, 5) is 9.25. The number of hydrogen-bond acceptors (Lipinski definition) is 4. The van der Waals surface area contributed by atoms with E-state index in [1.807, 2.05) is 25.1 Å². The molecule has 5 rings (SSSR count). The molecular formula is C28H34N4. The highest BCUT2D eigenvalue weighted by atomic mass is 15.0. The van der Waals surface area contributed by atoms with Crippen molar-refractivity contribution in [1.29, 1.82) is 0 Å². The van der Waals surface area contributed by atoms with Gasteiger partial charge in [0.25, 0.3) is 0 Å². The van der Waals surface area contributed by atoms with E-state index in [4.69, 9.17) is 10.7 Å². The minimum Gasteiger partial charge on any atom is -0.402 e. The fourth-order valence-corrected chi connectivity index (χ4v) is 6.29. The van der Waals surface area contributed by atoms with E-state index in [1.165, 1.54) is 42.4 Å². The first-order valence-electron chi connectivity index (χ1n) is 11.9. The number of aromatic nitrogens is 1. The summed E-state index contributed by atoms with van der Waals surface area (Å²) < 4.78 is 0. The highest BCUT2D eigenvalue weighted by Crippen LogP contribution is 2.63. The van der Waals surface area contributed by atoms with Gasteiger partial charge in [-0.2, -0.15) is 0 Å². The van der Waals surface area contributed by atoms with Crippen LogP contribution in [0.15, 0.2) is 53.7 Å². The van der Waals surface area contributed by atoms with E-state index in [0.29, 0.717) is 0 Å². The minimum atomic E-state index is 0.150. The monoisotopic (exact) mass is 426 g/mol. The molecule has 3 aliphatic carbocycles. The number of benzene rings is 1. The fraction of sp³-hybridized carbons (Fsp3) is 0.429. The third-order valence-corrected chi connectivity index (χ3v) is 8.22. The number of fused-ring (bicyclic) bond motifs is 3. The molecule has 32 heavy (non-hydrogen) atoms. The van der Waals surface area contributed by atoms with Crippen molar-refractivity contribution in [2.75, 3.05) is 6.54 Å². The van der Waals surface area contributed by atoms with Crippen molar-refractivity contribution in [3.8, 4) is 0 Å². The fourth-order valence-electron chi connectivity index (χ4n) is 6.29. The van der Waals surface area contributed by atoms with E-state index in [-0.39, 0.29) is 10.8 Å². The van der Waals surface area contributed by atoms with Crippen LogP contribution in [-0.2, 0) is 12.8 Å². The molecule has 4 nitrogen and oxygen atoms in total. The lowest BCUT2D eigenvalue weighted by molar-refractivity contribution is 0.287. The molecule has 0 atom stereocenters. The molecule has 0 aliphatic heterocycles. The quantitative estimate of drug-likeness (QED) is 0.581. The van der Waals surface area contributed by atoms with Crippen LogP contribution in [0, 0.1) is 17.8 Å². The van der Waals surface area contributed by atoms with Crippen LogP contribution in [0.3, 0.4) is 0 Å². The van der Waals surface area contributed by atoms with Crippen molar-refractivity contribution in [3.63, 3.8) is 0 Å². The van der Waals surface area contributed by atoms with Crippen LogP contribution in [0.2, 0.25) is 0 Å². The summed E-state index contributed by atoms with van der Waals surface area (Å²) in [5.41, 5.74) is 15.4. The highest BCUT2D eigenvalue weighted by molar-refractivity contribution is 5.89. The second-order valence-corrected chi connectivity index (χ2v) is 10.2. The van der Waals surface area contributed by atoms with Crippen LogP contribution >= 0.6 is 0 Å². The molecule has 4 heteroatoms. The second kappa shape index (κ2) is 7.91. The topological polar surface area (TPSA) is 63.3 Å². The van der Waals surface area contributed by atoms with Crippen molar-refractivity contribution < 1.29 is 0 Å². The number of nitrogens with one attached hydrogen (secondary N) is 1. The number of nitrogens with zero attached hydrogens (tertiary/aromatic N) is 2. The smallest absolute Gasteiger partial charge is 0.112 e.